The van der Waals surface area contributed by atoms with Crippen molar-refractivity contribution in [3.8, 4) is 27.9 Å². The lowest BCUT2D eigenvalue weighted by molar-refractivity contribution is -0.136. The van der Waals surface area contributed by atoms with E-state index in [9.17, 15) is 13.6 Å². The lowest BCUT2D eigenvalue weighted by atomic mass is 10.00. The van der Waals surface area contributed by atoms with E-state index in [1.807, 2.05) is 0 Å². The molecule has 9 heteroatoms. The molecule has 0 saturated carbocycles. The number of halogens is 3. The number of nitrogens with zero attached hydrogens (tertiary/aromatic N) is 3. The number of hydrogen-bond donors (Lipinski definition) is 1. The summed E-state index contributed by atoms with van der Waals surface area (Å²) in [6.07, 6.45) is 2.79. The van der Waals surface area contributed by atoms with Gasteiger partial charge in [-0.15, -0.1) is 0 Å². The van der Waals surface area contributed by atoms with Gasteiger partial charge in [0.15, 0.2) is 0 Å². The van der Waals surface area contributed by atoms with Gasteiger partial charge in [-0.25, -0.2) is 18.2 Å². The van der Waals surface area contributed by atoms with Crippen molar-refractivity contribution in [2.24, 2.45) is 0 Å². The highest BCUT2D eigenvalue weighted by Crippen LogP contribution is 2.37. The van der Waals surface area contributed by atoms with Crippen molar-refractivity contribution in [1.82, 2.24) is 14.7 Å². The molecule has 0 aliphatic heterocycles. The van der Waals surface area contributed by atoms with Gasteiger partial charge < -0.3 is 9.63 Å². The predicted octanol–water partition coefficient (Wildman–Crippen LogP) is 6.01. The van der Waals surface area contributed by atoms with Crippen LogP contribution >= 0.6 is 0 Å². The van der Waals surface area contributed by atoms with Gasteiger partial charge in [-0.2, -0.15) is 0 Å². The summed E-state index contributed by atoms with van der Waals surface area (Å²) in [5.41, 5.74) is 3.34. The van der Waals surface area contributed by atoms with Crippen LogP contribution in [0.4, 0.5) is 13.2 Å². The van der Waals surface area contributed by atoms with Crippen LogP contribution in [0.25, 0.3) is 39.0 Å². The molecule has 0 saturated heterocycles. The lowest BCUT2D eigenvalue weighted by Gasteiger charge is -2.07. The summed E-state index contributed by atoms with van der Waals surface area (Å²) in [5.74, 6) is -2.66. The first-order chi connectivity index (χ1) is 16.7. The van der Waals surface area contributed by atoms with E-state index in [1.165, 1.54) is 29.0 Å². The van der Waals surface area contributed by atoms with E-state index in [0.717, 1.165) is 23.8 Å². The van der Waals surface area contributed by atoms with Gasteiger partial charge >= 0.3 is 5.97 Å². The van der Waals surface area contributed by atoms with Gasteiger partial charge in [0.25, 0.3) is 0 Å². The number of hydrogen-bond acceptors (Lipinski definition) is 4. The largest absolute Gasteiger partial charge is 0.481 e. The second kappa shape index (κ2) is 8.43. The second-order valence-electron chi connectivity index (χ2n) is 8.19. The Kier molecular flexibility index (Phi) is 5.39. The number of aryl methyl sites for hydroxylation is 2. The maximum atomic E-state index is 15.2. The van der Waals surface area contributed by atoms with E-state index < -0.39 is 23.4 Å². The number of rotatable bonds is 5. The first-order valence-corrected chi connectivity index (χ1v) is 10.6. The van der Waals surface area contributed by atoms with Gasteiger partial charge in [0.2, 0.25) is 0 Å². The van der Waals surface area contributed by atoms with Crippen molar-refractivity contribution in [1.29, 1.82) is 0 Å². The molecule has 1 N–H and O–H groups in total. The molecule has 2 aromatic carbocycles. The number of fused-ring (bicyclic) bond motifs is 1. The minimum absolute atomic E-state index is 0.0446. The number of carbonyl (C=O) groups is 1. The summed E-state index contributed by atoms with van der Waals surface area (Å²) >= 11 is 0. The first-order valence-electron chi connectivity index (χ1n) is 10.6. The molecule has 5 rings (SSSR count). The molecule has 0 fully saturated rings. The quantitative estimate of drug-likeness (QED) is 0.335. The second-order valence-corrected chi connectivity index (χ2v) is 8.19. The fourth-order valence-corrected chi connectivity index (χ4v) is 4.28. The molecule has 0 atom stereocenters. The topological polar surface area (TPSA) is 81.2 Å². The molecule has 176 valence electrons. The van der Waals surface area contributed by atoms with Gasteiger partial charge in [-0.3, -0.25) is 9.36 Å². The summed E-state index contributed by atoms with van der Waals surface area (Å²) in [5, 5.41) is 13.5. The number of aromatic nitrogens is 3. The van der Waals surface area contributed by atoms with Crippen LogP contribution in [-0.4, -0.2) is 25.8 Å². The number of carboxylic acids is 1. The maximum Gasteiger partial charge on any atom is 0.307 e. The Labute approximate surface area is 197 Å². The van der Waals surface area contributed by atoms with E-state index in [-0.39, 0.29) is 17.7 Å². The average Bonchev–Trinajstić information content (AvgIpc) is 3.32. The molecule has 3 aromatic heterocycles. The fourth-order valence-electron chi connectivity index (χ4n) is 4.28. The Morgan fingerprint density at radius 1 is 1.03 bits per heavy atom. The van der Waals surface area contributed by atoms with E-state index in [4.69, 9.17) is 9.63 Å². The van der Waals surface area contributed by atoms with Crippen LogP contribution in [0.3, 0.4) is 0 Å². The zero-order valence-corrected chi connectivity index (χ0v) is 18.6. The zero-order chi connectivity index (χ0) is 24.9. The van der Waals surface area contributed by atoms with E-state index in [2.05, 4.69) is 10.1 Å². The standard InChI is InChI=1S/C26H18F3N3O3/c1-13-25(14(2)35-31-13)16-9-19-20(18-5-3-15(7-21(18)28)8-24(33)34)12-32(26(19)30-11-16)23-6-4-17(27)10-22(23)29/h3-7,9-12H,8H2,1-2H3,(H,33,34). The number of pyridine rings is 1. The zero-order valence-electron chi connectivity index (χ0n) is 18.6. The van der Waals surface area contributed by atoms with Crippen molar-refractivity contribution >= 4 is 17.0 Å². The Bertz CT molecular complexity index is 1600. The van der Waals surface area contributed by atoms with Crippen LogP contribution in [0.2, 0.25) is 0 Å². The predicted molar refractivity (Wildman–Crippen MR) is 123 cm³/mol. The number of carboxylic acid groups (broad SMARTS) is 1. The molecule has 6 nitrogen and oxygen atoms in total. The third-order valence-electron chi connectivity index (χ3n) is 5.81. The van der Waals surface area contributed by atoms with Crippen LogP contribution in [0.1, 0.15) is 17.0 Å². The van der Waals surface area contributed by atoms with Gasteiger partial charge in [0.1, 0.15) is 28.9 Å². The van der Waals surface area contributed by atoms with Gasteiger partial charge in [0, 0.05) is 46.1 Å². The molecule has 0 bridgehead atoms. The molecule has 0 radical (unpaired) electrons. The lowest BCUT2D eigenvalue weighted by Crippen LogP contribution is -2.00. The molecule has 0 unspecified atom stereocenters. The highest BCUT2D eigenvalue weighted by Gasteiger charge is 2.21. The van der Waals surface area contributed by atoms with Crippen LogP contribution in [-0.2, 0) is 11.2 Å². The normalized spacial score (nSPS) is 11.3. The van der Waals surface area contributed by atoms with Crippen LogP contribution < -0.4 is 0 Å². The van der Waals surface area contributed by atoms with E-state index in [1.54, 1.807) is 26.1 Å². The molecular weight excluding hydrogens is 459 g/mol. The SMILES string of the molecule is Cc1noc(C)c1-c1cnc2c(c1)c(-c1ccc(CC(=O)O)cc1F)cn2-c1ccc(F)cc1F. The maximum absolute atomic E-state index is 15.2. The van der Waals surface area contributed by atoms with Crippen LogP contribution in [0.15, 0.2) is 59.4 Å². The van der Waals surface area contributed by atoms with Crippen molar-refractivity contribution in [3.05, 3.63) is 89.3 Å². The molecule has 0 aliphatic rings. The number of aliphatic carboxylic acids is 1. The summed E-state index contributed by atoms with van der Waals surface area (Å²) in [6, 6.07) is 9.13. The molecule has 0 spiro atoms. The third-order valence-corrected chi connectivity index (χ3v) is 5.81. The summed E-state index contributed by atoms with van der Waals surface area (Å²) in [7, 11) is 0. The van der Waals surface area contributed by atoms with Crippen molar-refractivity contribution in [2.45, 2.75) is 20.3 Å². The van der Waals surface area contributed by atoms with Gasteiger partial charge in [-0.05, 0) is 43.7 Å². The van der Waals surface area contributed by atoms with Crippen molar-refractivity contribution < 1.29 is 27.6 Å². The Hall–Kier alpha value is -4.40. The van der Waals surface area contributed by atoms with E-state index in [0.29, 0.717) is 39.2 Å². The molecular formula is C26H18F3N3O3. The molecule has 0 amide bonds. The van der Waals surface area contributed by atoms with Crippen molar-refractivity contribution in [2.75, 3.05) is 0 Å². The highest BCUT2D eigenvalue weighted by molar-refractivity contribution is 5.97. The Balaban J connectivity index is 1.77. The molecule has 5 aromatic rings. The smallest absolute Gasteiger partial charge is 0.307 e. The Morgan fingerprint density at radius 3 is 2.49 bits per heavy atom. The van der Waals surface area contributed by atoms with Gasteiger partial charge in [0.05, 0.1) is 17.8 Å². The van der Waals surface area contributed by atoms with Gasteiger partial charge in [-0.1, -0.05) is 17.3 Å². The molecule has 0 aliphatic carbocycles. The summed E-state index contributed by atoms with van der Waals surface area (Å²) in [4.78, 5) is 15.5. The minimum Gasteiger partial charge on any atom is -0.481 e. The molecule has 35 heavy (non-hydrogen) atoms. The molecule has 3 heterocycles. The summed E-state index contributed by atoms with van der Waals surface area (Å²) in [6.45, 7) is 3.55. The van der Waals surface area contributed by atoms with Crippen molar-refractivity contribution in [3.63, 3.8) is 0 Å². The van der Waals surface area contributed by atoms with E-state index >= 15 is 4.39 Å². The summed E-state index contributed by atoms with van der Waals surface area (Å²) < 4.78 is 50.1. The third kappa shape index (κ3) is 3.95. The van der Waals surface area contributed by atoms with Crippen LogP contribution in [0, 0.1) is 31.3 Å². The highest BCUT2D eigenvalue weighted by atomic mass is 19.1. The average molecular weight is 477 g/mol. The first kappa shape index (κ1) is 22.4. The Morgan fingerprint density at radius 2 is 1.83 bits per heavy atom. The fraction of sp³-hybridized carbons (Fsp3) is 0.115. The number of benzene rings is 2. The van der Waals surface area contributed by atoms with Crippen LogP contribution in [0.5, 0.6) is 0 Å². The monoisotopic (exact) mass is 477 g/mol. The minimum atomic E-state index is -1.08.